The Morgan fingerprint density at radius 3 is 2.56 bits per heavy atom. The van der Waals surface area contributed by atoms with Gasteiger partial charge in [0.15, 0.2) is 0 Å². The number of nitriles is 1. The number of allylic oxidation sites excluding steroid dienone is 3. The van der Waals surface area contributed by atoms with Gasteiger partial charge in [0, 0.05) is 11.6 Å². The minimum absolute atomic E-state index is 0.0698. The molecule has 0 saturated carbocycles. The van der Waals surface area contributed by atoms with Crippen LogP contribution in [-0.2, 0) is 4.79 Å². The van der Waals surface area contributed by atoms with Gasteiger partial charge in [-0.05, 0) is 43.2 Å². The van der Waals surface area contributed by atoms with Crippen LogP contribution in [-0.4, -0.2) is 5.97 Å². The van der Waals surface area contributed by atoms with Crippen LogP contribution >= 0.6 is 0 Å². The lowest BCUT2D eigenvalue weighted by atomic mass is 9.86. The van der Waals surface area contributed by atoms with Gasteiger partial charge in [-0.3, -0.25) is 0 Å². The van der Waals surface area contributed by atoms with Crippen LogP contribution in [0.15, 0.2) is 41.5 Å². The van der Waals surface area contributed by atoms with E-state index in [1.165, 1.54) is 24.1 Å². The summed E-state index contributed by atoms with van der Waals surface area (Å²) in [6, 6.07) is 5.54. The van der Waals surface area contributed by atoms with Crippen LogP contribution in [0.1, 0.15) is 52.0 Å². The molecule has 0 saturated heterocycles. The number of benzene rings is 1. The number of halogens is 1. The summed E-state index contributed by atoms with van der Waals surface area (Å²) in [6.45, 7) is 6.68. The third-order valence-corrected chi connectivity index (χ3v) is 4.53. The first-order chi connectivity index (χ1) is 11.9. The van der Waals surface area contributed by atoms with Crippen molar-refractivity contribution in [2.45, 2.75) is 46.5 Å². The SMILES string of the molecule is CC(C)CCC(C)C1=CC=C(C(=O)Oc2ccc(C#N)c(F)c2)CC1. The number of rotatable bonds is 6. The van der Waals surface area contributed by atoms with Gasteiger partial charge < -0.3 is 4.74 Å². The van der Waals surface area contributed by atoms with Crippen LogP contribution in [0.3, 0.4) is 0 Å². The summed E-state index contributed by atoms with van der Waals surface area (Å²) in [6.07, 6.45) is 7.66. The lowest BCUT2D eigenvalue weighted by molar-refractivity contribution is -0.130. The van der Waals surface area contributed by atoms with E-state index in [9.17, 15) is 9.18 Å². The van der Waals surface area contributed by atoms with Gasteiger partial charge in [0.2, 0.25) is 0 Å². The van der Waals surface area contributed by atoms with Crippen molar-refractivity contribution in [1.82, 2.24) is 0 Å². The van der Waals surface area contributed by atoms with Crippen molar-refractivity contribution in [3.8, 4) is 11.8 Å². The fourth-order valence-electron chi connectivity index (χ4n) is 2.83. The molecule has 0 bridgehead atoms. The van der Waals surface area contributed by atoms with Gasteiger partial charge >= 0.3 is 5.97 Å². The van der Waals surface area contributed by atoms with Gasteiger partial charge in [-0.2, -0.15) is 5.26 Å². The maximum absolute atomic E-state index is 13.6. The van der Waals surface area contributed by atoms with Crippen LogP contribution in [0.4, 0.5) is 4.39 Å². The predicted octanol–water partition coefficient (Wildman–Crippen LogP) is 5.32. The molecule has 0 heterocycles. The van der Waals surface area contributed by atoms with Gasteiger partial charge in [-0.1, -0.05) is 44.9 Å². The first-order valence-corrected chi connectivity index (χ1v) is 8.72. The second kappa shape index (κ2) is 8.62. The molecule has 0 radical (unpaired) electrons. The van der Waals surface area contributed by atoms with E-state index in [1.54, 1.807) is 6.07 Å². The summed E-state index contributed by atoms with van der Waals surface area (Å²) in [5.41, 5.74) is 1.88. The molecule has 0 aliphatic heterocycles. The Labute approximate surface area is 148 Å². The van der Waals surface area contributed by atoms with Crippen LogP contribution in [0.5, 0.6) is 5.75 Å². The van der Waals surface area contributed by atoms with Crippen LogP contribution in [0.25, 0.3) is 0 Å². The summed E-state index contributed by atoms with van der Waals surface area (Å²) in [5.74, 6) is 0.174. The quantitative estimate of drug-likeness (QED) is 0.519. The normalized spacial score (nSPS) is 15.2. The Hall–Kier alpha value is -2.41. The van der Waals surface area contributed by atoms with Gasteiger partial charge in [0.1, 0.15) is 17.6 Å². The highest BCUT2D eigenvalue weighted by Crippen LogP contribution is 2.29. The summed E-state index contributed by atoms with van der Waals surface area (Å²) >= 11 is 0. The van der Waals surface area contributed by atoms with Crippen LogP contribution in [0, 0.1) is 29.0 Å². The summed E-state index contributed by atoms with van der Waals surface area (Å²) < 4.78 is 18.8. The van der Waals surface area contributed by atoms with Gasteiger partial charge in [0.25, 0.3) is 0 Å². The molecule has 132 valence electrons. The Bertz CT molecular complexity index is 741. The third kappa shape index (κ3) is 5.29. The molecule has 0 amide bonds. The van der Waals surface area contributed by atoms with E-state index in [4.69, 9.17) is 10.00 Å². The highest BCUT2D eigenvalue weighted by atomic mass is 19.1. The first-order valence-electron chi connectivity index (χ1n) is 8.72. The first kappa shape index (κ1) is 18.9. The zero-order valence-corrected chi connectivity index (χ0v) is 15.0. The number of nitrogens with zero attached hydrogens (tertiary/aromatic N) is 1. The zero-order valence-electron chi connectivity index (χ0n) is 15.0. The second-order valence-corrected chi connectivity index (χ2v) is 6.95. The van der Waals surface area contributed by atoms with E-state index in [0.717, 1.165) is 18.9 Å². The number of ether oxygens (including phenoxy) is 1. The molecule has 1 unspecified atom stereocenters. The van der Waals surface area contributed by atoms with E-state index >= 15 is 0 Å². The number of hydrogen-bond acceptors (Lipinski definition) is 3. The molecule has 2 rings (SSSR count). The number of hydrogen-bond donors (Lipinski definition) is 0. The van der Waals surface area contributed by atoms with Crippen LogP contribution < -0.4 is 4.74 Å². The van der Waals surface area contributed by atoms with Crippen molar-refractivity contribution in [3.63, 3.8) is 0 Å². The monoisotopic (exact) mass is 341 g/mol. The van der Waals surface area contributed by atoms with E-state index in [2.05, 4.69) is 20.8 Å². The largest absolute Gasteiger partial charge is 0.423 e. The molecule has 1 aliphatic rings. The highest BCUT2D eigenvalue weighted by Gasteiger charge is 2.19. The van der Waals surface area contributed by atoms with Crippen molar-refractivity contribution in [2.24, 2.45) is 11.8 Å². The molecule has 25 heavy (non-hydrogen) atoms. The maximum Gasteiger partial charge on any atom is 0.339 e. The molecule has 0 N–H and O–H groups in total. The molecular weight excluding hydrogens is 317 g/mol. The maximum atomic E-state index is 13.6. The molecule has 4 heteroatoms. The average molecular weight is 341 g/mol. The molecular formula is C21H24FNO2. The lowest BCUT2D eigenvalue weighted by Gasteiger charge is -2.20. The van der Waals surface area contributed by atoms with Crippen LogP contribution in [0.2, 0.25) is 0 Å². The molecule has 1 atom stereocenters. The Kier molecular flexibility index (Phi) is 6.52. The molecule has 0 spiro atoms. The van der Waals surface area contributed by atoms with Gasteiger partial charge in [-0.15, -0.1) is 0 Å². The summed E-state index contributed by atoms with van der Waals surface area (Å²) in [5, 5.41) is 8.72. The molecule has 0 fully saturated rings. The summed E-state index contributed by atoms with van der Waals surface area (Å²) in [4.78, 5) is 12.2. The zero-order chi connectivity index (χ0) is 18.4. The molecule has 3 nitrogen and oxygen atoms in total. The molecule has 1 aromatic rings. The highest BCUT2D eigenvalue weighted by molar-refractivity contribution is 5.90. The van der Waals surface area contributed by atoms with Crippen molar-refractivity contribution < 1.29 is 13.9 Å². The Balaban J connectivity index is 1.99. The van der Waals surface area contributed by atoms with Gasteiger partial charge in [-0.25, -0.2) is 9.18 Å². The summed E-state index contributed by atoms with van der Waals surface area (Å²) in [7, 11) is 0. The Morgan fingerprint density at radius 2 is 2.00 bits per heavy atom. The third-order valence-electron chi connectivity index (χ3n) is 4.53. The van der Waals surface area contributed by atoms with Crippen molar-refractivity contribution in [1.29, 1.82) is 5.26 Å². The number of carbonyl (C=O) groups excluding carboxylic acids is 1. The lowest BCUT2D eigenvalue weighted by Crippen LogP contribution is -2.14. The van der Waals surface area contributed by atoms with Gasteiger partial charge in [0.05, 0.1) is 5.56 Å². The van der Waals surface area contributed by atoms with E-state index in [-0.39, 0.29) is 11.3 Å². The van der Waals surface area contributed by atoms with Crippen molar-refractivity contribution >= 4 is 5.97 Å². The topological polar surface area (TPSA) is 50.1 Å². The van der Waals surface area contributed by atoms with E-state index in [0.29, 0.717) is 23.8 Å². The fourth-order valence-corrected chi connectivity index (χ4v) is 2.83. The molecule has 1 aliphatic carbocycles. The second-order valence-electron chi connectivity index (χ2n) is 6.95. The molecule has 0 aromatic heterocycles. The van der Waals surface area contributed by atoms with Crippen molar-refractivity contribution in [3.05, 3.63) is 52.9 Å². The average Bonchev–Trinajstić information content (AvgIpc) is 2.60. The minimum Gasteiger partial charge on any atom is -0.423 e. The van der Waals surface area contributed by atoms with Crippen molar-refractivity contribution in [2.75, 3.05) is 0 Å². The van der Waals surface area contributed by atoms with E-state index in [1.807, 2.05) is 12.2 Å². The Morgan fingerprint density at radius 1 is 1.24 bits per heavy atom. The minimum atomic E-state index is -0.688. The standard InChI is InChI=1S/C21H24FNO2/c1-14(2)4-5-15(3)16-6-8-17(9-7-16)21(24)25-19-11-10-18(13-23)20(22)12-19/h6,8,10-12,14-15H,4-5,7,9H2,1-3H3. The predicted molar refractivity (Wildman–Crippen MR) is 95.4 cm³/mol. The van der Waals surface area contributed by atoms with E-state index < -0.39 is 11.8 Å². The number of esters is 1. The molecule has 1 aromatic carbocycles. The fraction of sp³-hybridized carbons (Fsp3) is 0.429. The number of carbonyl (C=O) groups is 1. The smallest absolute Gasteiger partial charge is 0.339 e.